The molecular weight excluding hydrogens is 378 g/mol. The number of thioether (sulfide) groups is 1. The van der Waals surface area contributed by atoms with Crippen LogP contribution in [0.1, 0.15) is 17.2 Å². The normalized spacial score (nSPS) is 17.4. The van der Waals surface area contributed by atoms with Crippen molar-refractivity contribution in [1.29, 1.82) is 0 Å². The van der Waals surface area contributed by atoms with Gasteiger partial charge in [0.1, 0.15) is 5.25 Å². The maximum atomic E-state index is 13.5. The fourth-order valence-electron chi connectivity index (χ4n) is 2.91. The maximum absolute atomic E-state index is 13.5. The van der Waals surface area contributed by atoms with Crippen LogP contribution in [0.3, 0.4) is 0 Å². The number of nitrogens with zero attached hydrogens (tertiary/aromatic N) is 1. The lowest BCUT2D eigenvalue weighted by Crippen LogP contribution is -2.40. The maximum Gasteiger partial charge on any atom is 0.240 e. The highest BCUT2D eigenvalue weighted by atomic mass is 35.5. The van der Waals surface area contributed by atoms with Crippen LogP contribution in [0.4, 0.5) is 8.78 Å². The molecule has 3 nitrogen and oxygen atoms in total. The second-order valence-electron chi connectivity index (χ2n) is 6.08. The molecule has 2 atom stereocenters. The fraction of sp³-hybridized carbons (Fsp3) is 0.316. The molecule has 0 saturated carbocycles. The van der Waals surface area contributed by atoms with Crippen LogP contribution in [-0.4, -0.2) is 37.0 Å². The van der Waals surface area contributed by atoms with Crippen LogP contribution in [0.2, 0.25) is 0 Å². The standard InChI is InChI=1S/C19H20F2N2OS.ClH/c1-23(14-9-10-22-12-14)19(24)18(13-5-3-2-4-6-13)25-15-7-8-16(20)17(21)11-15;/h2-8,11,14,18,22H,9-10,12H2,1H3;1H. The highest BCUT2D eigenvalue weighted by Gasteiger charge is 2.30. The Balaban J connectivity index is 0.00000243. The number of hydrogen-bond acceptors (Lipinski definition) is 3. The number of carbonyl (C=O) groups excluding carboxylic acids is 1. The minimum Gasteiger partial charge on any atom is -0.340 e. The number of benzene rings is 2. The minimum atomic E-state index is -0.905. The second kappa shape index (κ2) is 9.35. The molecule has 1 fully saturated rings. The summed E-state index contributed by atoms with van der Waals surface area (Å²) in [5.41, 5.74) is 0.847. The summed E-state index contributed by atoms with van der Waals surface area (Å²) in [5.74, 6) is -1.83. The van der Waals surface area contributed by atoms with E-state index in [1.54, 1.807) is 4.90 Å². The summed E-state index contributed by atoms with van der Waals surface area (Å²) >= 11 is 1.24. The van der Waals surface area contributed by atoms with E-state index < -0.39 is 16.9 Å². The molecule has 7 heteroatoms. The third-order valence-electron chi connectivity index (χ3n) is 4.40. The molecule has 1 aliphatic heterocycles. The van der Waals surface area contributed by atoms with Crippen molar-refractivity contribution in [3.05, 3.63) is 65.7 Å². The molecule has 2 unspecified atom stereocenters. The number of amides is 1. The lowest BCUT2D eigenvalue weighted by molar-refractivity contribution is -0.131. The average molecular weight is 399 g/mol. The van der Waals surface area contributed by atoms with Gasteiger partial charge in [-0.15, -0.1) is 24.2 Å². The highest BCUT2D eigenvalue weighted by Crippen LogP contribution is 2.37. The molecule has 1 amide bonds. The van der Waals surface area contributed by atoms with Gasteiger partial charge >= 0.3 is 0 Å². The van der Waals surface area contributed by atoms with Crippen molar-refractivity contribution in [2.45, 2.75) is 22.6 Å². The second-order valence-corrected chi connectivity index (χ2v) is 7.26. The topological polar surface area (TPSA) is 32.3 Å². The van der Waals surface area contributed by atoms with Gasteiger partial charge in [0.25, 0.3) is 0 Å². The van der Waals surface area contributed by atoms with Crippen molar-refractivity contribution < 1.29 is 13.6 Å². The van der Waals surface area contributed by atoms with Gasteiger partial charge in [0.05, 0.1) is 0 Å². The van der Waals surface area contributed by atoms with Crippen molar-refractivity contribution in [3.8, 4) is 0 Å². The quantitative estimate of drug-likeness (QED) is 0.771. The van der Waals surface area contributed by atoms with Crippen LogP contribution in [0.5, 0.6) is 0 Å². The van der Waals surface area contributed by atoms with Gasteiger partial charge in [0.2, 0.25) is 5.91 Å². The Morgan fingerprint density at radius 1 is 1.19 bits per heavy atom. The van der Waals surface area contributed by atoms with Gasteiger partial charge < -0.3 is 10.2 Å². The van der Waals surface area contributed by atoms with Crippen LogP contribution >= 0.6 is 24.2 Å². The third-order valence-corrected chi connectivity index (χ3v) is 5.64. The Labute approximate surface area is 162 Å². The van der Waals surface area contributed by atoms with Gasteiger partial charge in [0.15, 0.2) is 11.6 Å². The molecule has 2 aromatic rings. The molecule has 2 aromatic carbocycles. The predicted molar refractivity (Wildman–Crippen MR) is 103 cm³/mol. The molecule has 1 aliphatic rings. The molecule has 0 aliphatic carbocycles. The number of carbonyl (C=O) groups is 1. The Morgan fingerprint density at radius 3 is 2.54 bits per heavy atom. The molecule has 140 valence electrons. The van der Waals surface area contributed by atoms with Crippen molar-refractivity contribution in [2.24, 2.45) is 0 Å². The SMILES string of the molecule is CN(C(=O)C(Sc1ccc(F)c(F)c1)c1ccccc1)C1CCNC1.Cl. The van der Waals surface area contributed by atoms with E-state index in [0.717, 1.165) is 37.2 Å². The summed E-state index contributed by atoms with van der Waals surface area (Å²) in [6, 6.07) is 13.3. The van der Waals surface area contributed by atoms with E-state index >= 15 is 0 Å². The molecule has 3 rings (SSSR count). The monoisotopic (exact) mass is 398 g/mol. The van der Waals surface area contributed by atoms with Crippen molar-refractivity contribution >= 4 is 30.1 Å². The van der Waals surface area contributed by atoms with Gasteiger partial charge in [0, 0.05) is 24.5 Å². The lowest BCUT2D eigenvalue weighted by atomic mass is 10.1. The Kier molecular flexibility index (Phi) is 7.43. The molecule has 0 radical (unpaired) electrons. The summed E-state index contributed by atoms with van der Waals surface area (Å²) in [7, 11) is 1.81. The van der Waals surface area contributed by atoms with Gasteiger partial charge in [-0.1, -0.05) is 30.3 Å². The number of hydrogen-bond donors (Lipinski definition) is 1. The first-order valence-corrected chi connectivity index (χ1v) is 9.08. The Hall–Kier alpha value is -1.63. The highest BCUT2D eigenvalue weighted by molar-refractivity contribution is 8.00. The van der Waals surface area contributed by atoms with E-state index in [2.05, 4.69) is 5.32 Å². The number of likely N-dealkylation sites (N-methyl/N-ethyl adjacent to an activating group) is 1. The first-order chi connectivity index (χ1) is 12.1. The van der Waals surface area contributed by atoms with E-state index in [1.165, 1.54) is 17.8 Å². The van der Waals surface area contributed by atoms with Crippen molar-refractivity contribution in [1.82, 2.24) is 10.2 Å². The zero-order valence-corrected chi connectivity index (χ0v) is 16.0. The molecule has 1 heterocycles. The molecule has 0 bridgehead atoms. The summed E-state index contributed by atoms with van der Waals surface area (Å²) in [6.07, 6.45) is 0.916. The van der Waals surface area contributed by atoms with Gasteiger partial charge in [-0.3, -0.25) is 4.79 Å². The number of rotatable bonds is 5. The van der Waals surface area contributed by atoms with E-state index in [4.69, 9.17) is 0 Å². The molecule has 0 spiro atoms. The molecule has 1 saturated heterocycles. The van der Waals surface area contributed by atoms with Crippen LogP contribution in [-0.2, 0) is 4.79 Å². The van der Waals surface area contributed by atoms with Crippen molar-refractivity contribution in [2.75, 3.05) is 20.1 Å². The zero-order chi connectivity index (χ0) is 17.8. The molecule has 1 N–H and O–H groups in total. The zero-order valence-electron chi connectivity index (χ0n) is 14.3. The van der Waals surface area contributed by atoms with E-state index in [0.29, 0.717) is 4.90 Å². The van der Waals surface area contributed by atoms with Gasteiger partial charge in [-0.25, -0.2) is 8.78 Å². The van der Waals surface area contributed by atoms with Crippen LogP contribution < -0.4 is 5.32 Å². The lowest BCUT2D eigenvalue weighted by Gasteiger charge is -2.28. The first kappa shape index (κ1) is 20.7. The average Bonchev–Trinajstić information content (AvgIpc) is 3.17. The Morgan fingerprint density at radius 2 is 1.92 bits per heavy atom. The third kappa shape index (κ3) is 4.75. The van der Waals surface area contributed by atoms with E-state index in [-0.39, 0.29) is 24.4 Å². The largest absolute Gasteiger partial charge is 0.340 e. The smallest absolute Gasteiger partial charge is 0.240 e. The van der Waals surface area contributed by atoms with Crippen LogP contribution in [0.15, 0.2) is 53.4 Å². The predicted octanol–water partition coefficient (Wildman–Crippen LogP) is 4.04. The molecule has 26 heavy (non-hydrogen) atoms. The first-order valence-electron chi connectivity index (χ1n) is 8.20. The van der Waals surface area contributed by atoms with E-state index in [1.807, 2.05) is 37.4 Å². The minimum absolute atomic E-state index is 0. The van der Waals surface area contributed by atoms with Gasteiger partial charge in [-0.2, -0.15) is 0 Å². The summed E-state index contributed by atoms with van der Waals surface area (Å²) < 4.78 is 26.7. The summed E-state index contributed by atoms with van der Waals surface area (Å²) in [6.45, 7) is 1.67. The fourth-order valence-corrected chi connectivity index (χ4v) is 4.06. The molecular formula is C19H21ClF2N2OS. The summed E-state index contributed by atoms with van der Waals surface area (Å²) in [4.78, 5) is 15.4. The Bertz CT molecular complexity index is 742. The van der Waals surface area contributed by atoms with Crippen LogP contribution in [0, 0.1) is 11.6 Å². The van der Waals surface area contributed by atoms with Crippen molar-refractivity contribution in [3.63, 3.8) is 0 Å². The summed E-state index contributed by atoms with van der Waals surface area (Å²) in [5, 5.41) is 2.76. The van der Waals surface area contributed by atoms with E-state index in [9.17, 15) is 13.6 Å². The molecule has 0 aromatic heterocycles. The number of halogens is 3. The number of nitrogens with one attached hydrogen (secondary N) is 1. The van der Waals surface area contributed by atoms with Gasteiger partial charge in [-0.05, 0) is 36.7 Å². The van der Waals surface area contributed by atoms with Crippen LogP contribution in [0.25, 0.3) is 0 Å².